The Morgan fingerprint density at radius 2 is 1.83 bits per heavy atom. The van der Waals surface area contributed by atoms with Gasteiger partial charge in [-0.2, -0.15) is 17.4 Å². The average Bonchev–Trinajstić information content (AvgIpc) is 2.50. The van der Waals surface area contributed by atoms with E-state index in [4.69, 9.17) is 14.0 Å². The average molecular weight is 441 g/mol. The Kier molecular flexibility index (Phi) is 8.45. The van der Waals surface area contributed by atoms with Crippen molar-refractivity contribution in [1.82, 2.24) is 5.32 Å². The molecule has 0 aliphatic carbocycles. The van der Waals surface area contributed by atoms with E-state index in [-0.39, 0.29) is 25.3 Å². The monoisotopic (exact) mass is 441 g/mol. The molecule has 0 heterocycles. The molecule has 0 radical (unpaired) electrons. The van der Waals surface area contributed by atoms with Crippen LogP contribution in [0.2, 0.25) is 0 Å². The quantitative estimate of drug-likeness (QED) is 0.359. The molecule has 29 heavy (non-hydrogen) atoms. The Hall–Kier alpha value is -2.34. The number of amides is 1. The molecule has 0 spiro atoms. The zero-order chi connectivity index (χ0) is 22.4. The van der Waals surface area contributed by atoms with Crippen molar-refractivity contribution in [2.24, 2.45) is 0 Å². The van der Waals surface area contributed by atoms with Gasteiger partial charge in [0.15, 0.2) is 11.5 Å². The summed E-state index contributed by atoms with van der Waals surface area (Å²) in [5.74, 6) is -2.04. The van der Waals surface area contributed by atoms with E-state index in [1.54, 1.807) is 20.8 Å². The fraction of sp³-hybridized carbons (Fsp3) is 0.529. The van der Waals surface area contributed by atoms with Gasteiger partial charge in [-0.3, -0.25) is 9.35 Å². The van der Waals surface area contributed by atoms with Crippen molar-refractivity contribution in [3.05, 3.63) is 23.3 Å². The number of rotatable bonds is 8. The van der Waals surface area contributed by atoms with Gasteiger partial charge in [-0.25, -0.2) is 4.79 Å². The van der Waals surface area contributed by atoms with Crippen LogP contribution in [0.1, 0.15) is 50.0 Å². The van der Waals surface area contributed by atoms with Crippen LogP contribution in [-0.4, -0.2) is 39.4 Å². The summed E-state index contributed by atoms with van der Waals surface area (Å²) >= 11 is -2.95. The molecule has 0 fully saturated rings. The Balaban J connectivity index is 2.87. The van der Waals surface area contributed by atoms with Gasteiger partial charge in [0.1, 0.15) is 11.4 Å². The van der Waals surface area contributed by atoms with Crippen molar-refractivity contribution in [3.63, 3.8) is 0 Å². The van der Waals surface area contributed by atoms with Crippen LogP contribution in [-0.2, 0) is 22.3 Å². The number of hydrogen-bond donors (Lipinski definition) is 2. The first kappa shape index (κ1) is 24.7. The van der Waals surface area contributed by atoms with Crippen molar-refractivity contribution in [2.75, 3.05) is 13.2 Å². The Morgan fingerprint density at radius 3 is 2.31 bits per heavy atom. The van der Waals surface area contributed by atoms with Crippen molar-refractivity contribution in [1.29, 1.82) is 0 Å². The van der Waals surface area contributed by atoms with Gasteiger partial charge in [-0.15, -0.1) is 0 Å². The first-order chi connectivity index (χ1) is 13.2. The molecular formula is C17H22F3NO7S. The molecule has 1 rings (SSSR count). The molecule has 1 unspecified atom stereocenters. The molecular weight excluding hydrogens is 419 g/mol. The summed E-state index contributed by atoms with van der Waals surface area (Å²) in [6.45, 7) is 6.00. The van der Waals surface area contributed by atoms with Crippen LogP contribution in [0.4, 0.5) is 18.0 Å². The third-order valence-electron chi connectivity index (χ3n) is 3.15. The van der Waals surface area contributed by atoms with Crippen LogP contribution in [0.15, 0.2) is 12.1 Å². The summed E-state index contributed by atoms with van der Waals surface area (Å²) in [5, 5.41) is 2.46. The normalized spacial score (nSPS) is 12.8. The summed E-state index contributed by atoms with van der Waals surface area (Å²) in [7, 11) is 0. The van der Waals surface area contributed by atoms with Gasteiger partial charge < -0.3 is 19.0 Å². The predicted molar refractivity (Wildman–Crippen MR) is 97.2 cm³/mol. The minimum absolute atomic E-state index is 0.0891. The fourth-order valence-electron chi connectivity index (χ4n) is 2.17. The number of alkyl halides is 3. The third-order valence-corrected chi connectivity index (χ3v) is 3.47. The van der Waals surface area contributed by atoms with Crippen molar-refractivity contribution < 1.29 is 45.2 Å². The third kappa shape index (κ3) is 8.69. The van der Waals surface area contributed by atoms with Crippen molar-refractivity contribution >= 4 is 23.2 Å². The molecule has 8 nitrogen and oxygen atoms in total. The highest BCUT2D eigenvalue weighted by Crippen LogP contribution is 2.39. The number of benzene rings is 1. The van der Waals surface area contributed by atoms with Gasteiger partial charge in [-0.05, 0) is 40.2 Å². The smallest absolute Gasteiger partial charge is 0.417 e. The number of Topliss-reactive ketones (excluding diaryl/α,β-unsaturated/α-hetero) is 1. The number of halogens is 3. The molecule has 0 aromatic heterocycles. The van der Waals surface area contributed by atoms with Crippen LogP contribution in [0.25, 0.3) is 0 Å². The maximum absolute atomic E-state index is 13.3. The van der Waals surface area contributed by atoms with Crippen LogP contribution in [0.3, 0.4) is 0 Å². The van der Waals surface area contributed by atoms with Gasteiger partial charge in [0.2, 0.25) is 0 Å². The molecule has 1 aromatic rings. The second-order valence-electron chi connectivity index (χ2n) is 6.83. The lowest BCUT2D eigenvalue weighted by Gasteiger charge is -2.19. The molecule has 0 saturated heterocycles. The highest BCUT2D eigenvalue weighted by atomic mass is 32.2. The van der Waals surface area contributed by atoms with Crippen LogP contribution < -0.4 is 14.2 Å². The Bertz CT molecular complexity index is 776. The number of hydrogen-bond acceptors (Lipinski definition) is 6. The van der Waals surface area contributed by atoms with Gasteiger partial charge in [0.25, 0.3) is 0 Å². The van der Waals surface area contributed by atoms with Gasteiger partial charge >= 0.3 is 23.6 Å². The molecule has 1 atom stereocenters. The first-order valence-corrected chi connectivity index (χ1v) is 9.39. The van der Waals surface area contributed by atoms with E-state index in [1.165, 1.54) is 0 Å². The van der Waals surface area contributed by atoms with Gasteiger partial charge in [0.05, 0.1) is 17.7 Å². The number of carbonyl (C=O) groups excluding carboxylic acids is 2. The van der Waals surface area contributed by atoms with Gasteiger partial charge in [-0.1, -0.05) is 0 Å². The molecule has 1 aromatic carbocycles. The van der Waals surface area contributed by atoms with Crippen LogP contribution in [0, 0.1) is 0 Å². The highest BCUT2D eigenvalue weighted by Gasteiger charge is 2.37. The lowest BCUT2D eigenvalue weighted by molar-refractivity contribution is -0.138. The number of nitrogens with one attached hydrogen (secondary N) is 1. The van der Waals surface area contributed by atoms with E-state index in [0.29, 0.717) is 6.07 Å². The molecule has 1 amide bonds. The summed E-state index contributed by atoms with van der Waals surface area (Å²) in [5.41, 5.74) is -2.90. The molecule has 0 saturated carbocycles. The molecule has 2 N–H and O–H groups in total. The zero-order valence-corrected chi connectivity index (χ0v) is 17.0. The maximum Gasteiger partial charge on any atom is 0.417 e. The molecule has 0 bridgehead atoms. The molecule has 0 aliphatic heterocycles. The Labute approximate surface area is 168 Å². The number of alkyl carbamates (subject to hydrolysis) is 1. The van der Waals surface area contributed by atoms with E-state index in [9.17, 15) is 27.0 Å². The number of ether oxygens (including phenoxy) is 2. The summed E-state index contributed by atoms with van der Waals surface area (Å²) in [4.78, 5) is 23.1. The van der Waals surface area contributed by atoms with E-state index < -0.39 is 51.9 Å². The second-order valence-corrected chi connectivity index (χ2v) is 7.43. The largest absolute Gasteiger partial charge is 0.493 e. The molecule has 0 aliphatic rings. The zero-order valence-electron chi connectivity index (χ0n) is 16.2. The second kappa shape index (κ2) is 9.92. The van der Waals surface area contributed by atoms with Crippen LogP contribution >= 0.6 is 0 Å². The highest BCUT2D eigenvalue weighted by molar-refractivity contribution is 7.74. The number of ketones is 1. The van der Waals surface area contributed by atoms with E-state index in [1.807, 2.05) is 0 Å². The van der Waals surface area contributed by atoms with Crippen molar-refractivity contribution in [2.45, 2.75) is 45.9 Å². The lowest BCUT2D eigenvalue weighted by Crippen LogP contribution is -2.33. The SMILES string of the molecule is CC(=O)c1c(OS(=O)O)cc(OCCCNC(=O)OC(C)(C)C)cc1C(F)(F)F. The Morgan fingerprint density at radius 1 is 1.21 bits per heavy atom. The minimum Gasteiger partial charge on any atom is -0.493 e. The van der Waals surface area contributed by atoms with E-state index >= 15 is 0 Å². The maximum atomic E-state index is 13.3. The topological polar surface area (TPSA) is 111 Å². The first-order valence-electron chi connectivity index (χ1n) is 8.35. The van der Waals surface area contributed by atoms with E-state index in [2.05, 4.69) is 9.50 Å². The van der Waals surface area contributed by atoms with Gasteiger partial charge in [0, 0.05) is 12.6 Å². The van der Waals surface area contributed by atoms with E-state index in [0.717, 1.165) is 13.0 Å². The van der Waals surface area contributed by atoms with Crippen LogP contribution in [0.5, 0.6) is 11.5 Å². The molecule has 164 valence electrons. The minimum atomic E-state index is -4.92. The number of carbonyl (C=O) groups is 2. The lowest BCUT2D eigenvalue weighted by atomic mass is 10.0. The predicted octanol–water partition coefficient (Wildman–Crippen LogP) is 3.72. The van der Waals surface area contributed by atoms with Crippen molar-refractivity contribution in [3.8, 4) is 11.5 Å². The fourth-order valence-corrected chi connectivity index (χ4v) is 2.45. The standard InChI is InChI=1S/C17H22F3NO7S/c1-10(22)14-12(17(18,19)20)8-11(9-13(14)28-29(24)25)26-7-5-6-21-15(23)27-16(2,3)4/h8-9H,5-7H2,1-4H3,(H,21,23)(H,24,25). The molecule has 12 heteroatoms. The summed E-state index contributed by atoms with van der Waals surface area (Å²) < 4.78 is 74.3. The summed E-state index contributed by atoms with van der Waals surface area (Å²) in [6, 6.07) is 1.52. The summed E-state index contributed by atoms with van der Waals surface area (Å²) in [6.07, 6.45) is -5.34.